The molecule has 0 aliphatic heterocycles. The minimum absolute atomic E-state index is 0.00361. The number of nitriles is 1. The zero-order chi connectivity index (χ0) is 26.2. The molecule has 0 spiro atoms. The first-order valence-corrected chi connectivity index (χ1v) is 12.1. The van der Waals surface area contributed by atoms with E-state index in [-0.39, 0.29) is 18.4 Å². The van der Waals surface area contributed by atoms with Gasteiger partial charge in [-0.2, -0.15) is 33.4 Å². The van der Waals surface area contributed by atoms with Crippen molar-refractivity contribution in [1.29, 1.82) is 5.26 Å². The van der Waals surface area contributed by atoms with Gasteiger partial charge in [0.2, 0.25) is 11.8 Å². The Balaban J connectivity index is 1.64. The minimum atomic E-state index is -4.41. The molecule has 2 heterocycles. The fourth-order valence-electron chi connectivity index (χ4n) is 4.60. The first kappa shape index (κ1) is 24.6. The van der Waals surface area contributed by atoms with Gasteiger partial charge in [0.25, 0.3) is 0 Å². The average molecular weight is 506 g/mol. The van der Waals surface area contributed by atoms with Gasteiger partial charge in [-0.3, -0.25) is 0 Å². The van der Waals surface area contributed by atoms with Crippen LogP contribution in [0.25, 0.3) is 11.2 Å². The number of rotatable bonds is 7. The van der Waals surface area contributed by atoms with E-state index in [2.05, 4.69) is 22.2 Å². The number of fused-ring (bicyclic) bond motifs is 1. The second-order valence-corrected chi connectivity index (χ2v) is 9.39. The van der Waals surface area contributed by atoms with Crippen LogP contribution in [0.3, 0.4) is 0 Å². The molecule has 0 saturated heterocycles. The van der Waals surface area contributed by atoms with Crippen LogP contribution in [0.2, 0.25) is 0 Å². The number of hydrogen-bond acceptors (Lipinski definition) is 6. The second kappa shape index (κ2) is 9.73. The Morgan fingerprint density at radius 3 is 2.38 bits per heavy atom. The van der Waals surface area contributed by atoms with Crippen molar-refractivity contribution in [3.63, 3.8) is 0 Å². The molecule has 1 N–H and O–H groups in total. The highest BCUT2D eigenvalue weighted by molar-refractivity contribution is 5.87. The smallest absolute Gasteiger partial charge is 0.365 e. The molecule has 1 atom stereocenters. The van der Waals surface area contributed by atoms with Gasteiger partial charge in [-0.15, -0.1) is 0 Å². The van der Waals surface area contributed by atoms with Crippen LogP contribution in [-0.4, -0.2) is 32.6 Å². The van der Waals surface area contributed by atoms with Crippen molar-refractivity contribution in [2.24, 2.45) is 5.92 Å². The molecule has 4 aromatic rings. The van der Waals surface area contributed by atoms with Gasteiger partial charge in [0.05, 0.1) is 12.1 Å². The molecule has 0 radical (unpaired) electrons. The highest BCUT2D eigenvalue weighted by Gasteiger charge is 2.30. The molecule has 1 aliphatic carbocycles. The summed E-state index contributed by atoms with van der Waals surface area (Å²) in [5.41, 5.74) is 1.78. The number of para-hydroxylation sites is 1. The SMILES string of the molecule is C[C@@H](Nc1nc(C#N)nc2nc(N(C)c3ccccc3)n(Cc3ccc(C(F)(F)F)cc3)c12)C1CCC1. The van der Waals surface area contributed by atoms with Gasteiger partial charge in [-0.05, 0) is 55.5 Å². The van der Waals surface area contributed by atoms with Crippen LogP contribution in [0, 0.1) is 17.2 Å². The van der Waals surface area contributed by atoms with Crippen molar-refractivity contribution >= 4 is 28.6 Å². The maximum atomic E-state index is 13.1. The molecule has 0 amide bonds. The number of nitrogens with one attached hydrogen (secondary N) is 1. The Kier molecular flexibility index (Phi) is 6.46. The van der Waals surface area contributed by atoms with Gasteiger partial charge >= 0.3 is 6.18 Å². The number of halogens is 3. The Morgan fingerprint density at radius 1 is 1.08 bits per heavy atom. The molecule has 7 nitrogen and oxygen atoms in total. The summed E-state index contributed by atoms with van der Waals surface area (Å²) in [4.78, 5) is 15.5. The van der Waals surface area contributed by atoms with Crippen LogP contribution in [-0.2, 0) is 12.7 Å². The van der Waals surface area contributed by atoms with Crippen LogP contribution in [0.1, 0.15) is 43.1 Å². The van der Waals surface area contributed by atoms with Crippen molar-refractivity contribution in [3.8, 4) is 6.07 Å². The van der Waals surface area contributed by atoms with Crippen LogP contribution >= 0.6 is 0 Å². The minimum Gasteiger partial charge on any atom is -0.365 e. The lowest BCUT2D eigenvalue weighted by Gasteiger charge is -2.32. The first-order valence-electron chi connectivity index (χ1n) is 12.1. The van der Waals surface area contributed by atoms with E-state index in [1.165, 1.54) is 18.6 Å². The zero-order valence-corrected chi connectivity index (χ0v) is 20.5. The van der Waals surface area contributed by atoms with Crippen molar-refractivity contribution in [3.05, 3.63) is 71.5 Å². The summed E-state index contributed by atoms with van der Waals surface area (Å²) in [5, 5.41) is 13.1. The molecule has 10 heteroatoms. The van der Waals surface area contributed by atoms with Crippen LogP contribution in [0.15, 0.2) is 54.6 Å². The summed E-state index contributed by atoms with van der Waals surface area (Å²) in [6, 6.07) is 16.9. The number of hydrogen-bond donors (Lipinski definition) is 1. The number of nitrogens with zero attached hydrogens (tertiary/aromatic N) is 6. The summed E-state index contributed by atoms with van der Waals surface area (Å²) in [7, 11) is 1.86. The lowest BCUT2D eigenvalue weighted by Crippen LogP contribution is -2.31. The van der Waals surface area contributed by atoms with E-state index in [0.717, 1.165) is 30.7 Å². The molecular weight excluding hydrogens is 479 g/mol. The number of alkyl halides is 3. The average Bonchev–Trinajstić information content (AvgIpc) is 3.21. The third kappa shape index (κ3) is 4.94. The molecule has 2 aromatic carbocycles. The van der Waals surface area contributed by atoms with E-state index < -0.39 is 11.7 Å². The zero-order valence-electron chi connectivity index (χ0n) is 20.5. The van der Waals surface area contributed by atoms with Crippen LogP contribution in [0.4, 0.5) is 30.6 Å². The summed E-state index contributed by atoms with van der Waals surface area (Å²) in [6.07, 6.45) is -0.965. The van der Waals surface area contributed by atoms with Gasteiger partial charge in [0, 0.05) is 18.8 Å². The van der Waals surface area contributed by atoms with Crippen molar-refractivity contribution in [2.75, 3.05) is 17.3 Å². The Hall–Kier alpha value is -4.13. The molecule has 1 aliphatic rings. The van der Waals surface area contributed by atoms with Gasteiger partial charge in [-0.1, -0.05) is 36.8 Å². The third-order valence-corrected chi connectivity index (χ3v) is 6.97. The molecule has 1 saturated carbocycles. The molecule has 1 fully saturated rings. The molecule has 0 unspecified atom stereocenters. The predicted octanol–water partition coefficient (Wildman–Crippen LogP) is 6.13. The predicted molar refractivity (Wildman–Crippen MR) is 136 cm³/mol. The standard InChI is InChI=1S/C27H26F3N7/c1-17(19-7-6-8-19)32-24-23-25(34-22(15-31)33-24)35-26(36(2)21-9-4-3-5-10-21)37(23)16-18-11-13-20(14-12-18)27(28,29)30/h3-5,9-14,17,19H,6-8,16H2,1-2H3,(H,32,33,34)/t17-/m1/s1. The van der Waals surface area contributed by atoms with Crippen molar-refractivity contribution < 1.29 is 13.2 Å². The number of anilines is 3. The van der Waals surface area contributed by atoms with E-state index >= 15 is 0 Å². The molecule has 2 aromatic heterocycles. The van der Waals surface area contributed by atoms with E-state index in [9.17, 15) is 18.4 Å². The molecule has 190 valence electrons. The monoisotopic (exact) mass is 505 g/mol. The van der Waals surface area contributed by atoms with Crippen LogP contribution < -0.4 is 10.2 Å². The van der Waals surface area contributed by atoms with E-state index in [0.29, 0.717) is 34.4 Å². The fourth-order valence-corrected chi connectivity index (χ4v) is 4.60. The van der Waals surface area contributed by atoms with Crippen LogP contribution in [0.5, 0.6) is 0 Å². The summed E-state index contributed by atoms with van der Waals surface area (Å²) in [5.74, 6) is 1.54. The molecule has 0 bridgehead atoms. The van der Waals surface area contributed by atoms with E-state index in [4.69, 9.17) is 4.98 Å². The highest BCUT2D eigenvalue weighted by Crippen LogP contribution is 2.35. The van der Waals surface area contributed by atoms with Gasteiger partial charge in [-0.25, -0.2) is 0 Å². The third-order valence-electron chi connectivity index (χ3n) is 6.97. The van der Waals surface area contributed by atoms with E-state index in [1.54, 1.807) is 0 Å². The molecule has 37 heavy (non-hydrogen) atoms. The lowest BCUT2D eigenvalue weighted by molar-refractivity contribution is -0.137. The van der Waals surface area contributed by atoms with E-state index in [1.807, 2.05) is 52.9 Å². The Bertz CT molecular complexity index is 1440. The lowest BCUT2D eigenvalue weighted by atomic mass is 9.80. The largest absolute Gasteiger partial charge is 0.416 e. The summed E-state index contributed by atoms with van der Waals surface area (Å²) in [6.45, 7) is 2.33. The van der Waals surface area contributed by atoms with Gasteiger partial charge < -0.3 is 14.8 Å². The van der Waals surface area contributed by atoms with Gasteiger partial charge in [0.15, 0.2) is 11.5 Å². The summed E-state index contributed by atoms with van der Waals surface area (Å²) < 4.78 is 41.3. The first-order chi connectivity index (χ1) is 17.7. The Morgan fingerprint density at radius 2 is 1.78 bits per heavy atom. The van der Waals surface area contributed by atoms with Crippen molar-refractivity contribution in [2.45, 2.75) is 44.9 Å². The normalized spacial score (nSPS) is 14.7. The quantitative estimate of drug-likeness (QED) is 0.325. The maximum Gasteiger partial charge on any atom is 0.416 e. The number of imidazole rings is 1. The fraction of sp³-hybridized carbons (Fsp3) is 0.333. The number of aromatic nitrogens is 4. The number of benzene rings is 2. The van der Waals surface area contributed by atoms with Crippen molar-refractivity contribution in [1.82, 2.24) is 19.5 Å². The molecule has 5 rings (SSSR count). The maximum absolute atomic E-state index is 13.1. The van der Waals surface area contributed by atoms with Gasteiger partial charge in [0.1, 0.15) is 11.6 Å². The second-order valence-electron chi connectivity index (χ2n) is 9.39. The topological polar surface area (TPSA) is 82.7 Å². The highest BCUT2D eigenvalue weighted by atomic mass is 19.4. The summed E-state index contributed by atoms with van der Waals surface area (Å²) >= 11 is 0. The molecular formula is C27H26F3N7. The Labute approximate surface area is 212 Å².